The number of aliphatic hydroxyl groups is 1. The zero-order valence-electron chi connectivity index (χ0n) is 8.54. The predicted molar refractivity (Wildman–Crippen MR) is 60.8 cm³/mol. The Labute approximate surface area is 92.3 Å². The molecule has 0 aliphatic rings. The lowest BCUT2D eigenvalue weighted by atomic mass is 10.0. The molecule has 2 aromatic rings. The van der Waals surface area contributed by atoms with Crippen molar-refractivity contribution < 1.29 is 10.0 Å². The molecule has 2 rings (SSSR count). The van der Waals surface area contributed by atoms with E-state index in [1.165, 1.54) is 0 Å². The van der Waals surface area contributed by atoms with Crippen molar-refractivity contribution in [2.24, 2.45) is 0 Å². The van der Waals surface area contributed by atoms with E-state index < -0.39 is 17.6 Å². The van der Waals surface area contributed by atoms with Gasteiger partial charge in [-0.3, -0.25) is 10.1 Å². The first-order valence-corrected chi connectivity index (χ1v) is 4.95. The number of nitro groups is 1. The first-order chi connectivity index (χ1) is 7.66. The molecular weight excluding hydrogens is 206 g/mol. The van der Waals surface area contributed by atoms with Gasteiger partial charge in [0.05, 0.1) is 0 Å². The summed E-state index contributed by atoms with van der Waals surface area (Å²) < 4.78 is 0. The minimum atomic E-state index is -1.04. The average molecular weight is 217 g/mol. The lowest BCUT2D eigenvalue weighted by Gasteiger charge is -2.07. The highest BCUT2D eigenvalue weighted by Crippen LogP contribution is 2.20. The molecule has 4 nitrogen and oxygen atoms in total. The van der Waals surface area contributed by atoms with Crippen LogP contribution in [0.3, 0.4) is 0 Å². The number of rotatable bonds is 3. The summed E-state index contributed by atoms with van der Waals surface area (Å²) in [6.07, 6.45) is -1.04. The Hall–Kier alpha value is -1.94. The molecule has 0 aliphatic carbocycles. The normalized spacial score (nSPS) is 12.6. The van der Waals surface area contributed by atoms with Gasteiger partial charge in [-0.2, -0.15) is 0 Å². The molecule has 0 unspecified atom stereocenters. The Bertz CT molecular complexity index is 524. The maximum atomic E-state index is 10.3. The van der Waals surface area contributed by atoms with E-state index in [9.17, 15) is 15.2 Å². The molecule has 0 aliphatic heterocycles. The van der Waals surface area contributed by atoms with Crippen LogP contribution in [0, 0.1) is 10.1 Å². The number of hydrogen-bond donors (Lipinski definition) is 1. The second-order valence-electron chi connectivity index (χ2n) is 3.64. The number of hydrogen-bond acceptors (Lipinski definition) is 3. The summed E-state index contributed by atoms with van der Waals surface area (Å²) in [5, 5.41) is 21.9. The van der Waals surface area contributed by atoms with E-state index in [1.807, 2.05) is 30.3 Å². The van der Waals surface area contributed by atoms with Crippen LogP contribution in [0.4, 0.5) is 0 Å². The summed E-state index contributed by atoms with van der Waals surface area (Å²) in [5.41, 5.74) is 0.579. The van der Waals surface area contributed by atoms with E-state index in [2.05, 4.69) is 0 Å². The first-order valence-electron chi connectivity index (χ1n) is 4.95. The summed E-state index contributed by atoms with van der Waals surface area (Å²) in [6, 6.07) is 13.0. The van der Waals surface area contributed by atoms with Gasteiger partial charge in [0.1, 0.15) is 6.10 Å². The third-order valence-electron chi connectivity index (χ3n) is 2.48. The van der Waals surface area contributed by atoms with Gasteiger partial charge in [0.25, 0.3) is 0 Å². The maximum absolute atomic E-state index is 10.3. The summed E-state index contributed by atoms with van der Waals surface area (Å²) in [6.45, 7) is -0.460. The van der Waals surface area contributed by atoms with Crippen LogP contribution in [-0.4, -0.2) is 16.6 Å². The molecule has 2 aromatic carbocycles. The summed E-state index contributed by atoms with van der Waals surface area (Å²) in [4.78, 5) is 9.78. The van der Waals surface area contributed by atoms with Crippen LogP contribution in [-0.2, 0) is 0 Å². The second kappa shape index (κ2) is 4.28. The van der Waals surface area contributed by atoms with Crippen molar-refractivity contribution in [1.29, 1.82) is 0 Å². The fourth-order valence-corrected chi connectivity index (χ4v) is 1.66. The van der Waals surface area contributed by atoms with Gasteiger partial charge in [0.2, 0.25) is 6.54 Å². The van der Waals surface area contributed by atoms with Crippen LogP contribution >= 0.6 is 0 Å². The highest BCUT2D eigenvalue weighted by atomic mass is 16.6. The molecule has 0 aromatic heterocycles. The molecule has 0 heterocycles. The number of aliphatic hydroxyl groups excluding tert-OH is 1. The van der Waals surface area contributed by atoms with Crippen molar-refractivity contribution in [2.75, 3.05) is 6.54 Å². The van der Waals surface area contributed by atoms with Crippen LogP contribution in [0.25, 0.3) is 10.8 Å². The van der Waals surface area contributed by atoms with Crippen molar-refractivity contribution in [2.45, 2.75) is 6.10 Å². The highest BCUT2D eigenvalue weighted by Gasteiger charge is 2.13. The molecule has 0 fully saturated rings. The van der Waals surface area contributed by atoms with E-state index >= 15 is 0 Å². The minimum Gasteiger partial charge on any atom is -0.382 e. The Morgan fingerprint density at radius 1 is 1.19 bits per heavy atom. The molecule has 0 saturated carbocycles. The molecule has 0 radical (unpaired) electrons. The molecule has 82 valence electrons. The minimum absolute atomic E-state index is 0.460. The lowest BCUT2D eigenvalue weighted by molar-refractivity contribution is -0.491. The van der Waals surface area contributed by atoms with Gasteiger partial charge in [-0.05, 0) is 22.4 Å². The van der Waals surface area contributed by atoms with Gasteiger partial charge < -0.3 is 5.11 Å². The molecule has 1 N–H and O–H groups in total. The van der Waals surface area contributed by atoms with Crippen molar-refractivity contribution >= 4 is 10.8 Å². The van der Waals surface area contributed by atoms with E-state index in [1.54, 1.807) is 12.1 Å². The average Bonchev–Trinajstić information content (AvgIpc) is 2.27. The SMILES string of the molecule is O=[N+]([O-])C[C@@H](O)c1ccc2ccccc2c1. The van der Waals surface area contributed by atoms with Gasteiger partial charge in [-0.1, -0.05) is 36.4 Å². The maximum Gasteiger partial charge on any atom is 0.233 e. The molecule has 0 spiro atoms. The molecule has 0 amide bonds. The van der Waals surface area contributed by atoms with Gasteiger partial charge in [-0.25, -0.2) is 0 Å². The molecule has 4 heteroatoms. The Morgan fingerprint density at radius 2 is 1.88 bits per heavy atom. The third-order valence-corrected chi connectivity index (χ3v) is 2.48. The van der Waals surface area contributed by atoms with Crippen molar-refractivity contribution in [3.63, 3.8) is 0 Å². The van der Waals surface area contributed by atoms with E-state index in [4.69, 9.17) is 0 Å². The van der Waals surface area contributed by atoms with E-state index in [0.29, 0.717) is 5.56 Å². The van der Waals surface area contributed by atoms with Crippen LogP contribution < -0.4 is 0 Å². The molecular formula is C12H11NO3. The van der Waals surface area contributed by atoms with Crippen LogP contribution in [0.1, 0.15) is 11.7 Å². The number of nitrogens with zero attached hydrogens (tertiary/aromatic N) is 1. The van der Waals surface area contributed by atoms with E-state index in [0.717, 1.165) is 10.8 Å². The second-order valence-corrected chi connectivity index (χ2v) is 3.64. The molecule has 16 heavy (non-hydrogen) atoms. The Morgan fingerprint density at radius 3 is 2.56 bits per heavy atom. The van der Waals surface area contributed by atoms with Crippen molar-refractivity contribution in [3.8, 4) is 0 Å². The zero-order valence-corrected chi connectivity index (χ0v) is 8.54. The quantitative estimate of drug-likeness (QED) is 0.632. The Kier molecular flexibility index (Phi) is 2.83. The largest absolute Gasteiger partial charge is 0.382 e. The Balaban J connectivity index is 2.35. The van der Waals surface area contributed by atoms with Gasteiger partial charge in [0.15, 0.2) is 0 Å². The number of benzene rings is 2. The van der Waals surface area contributed by atoms with Crippen LogP contribution in [0.15, 0.2) is 42.5 Å². The molecule has 0 saturated heterocycles. The predicted octanol–water partition coefficient (Wildman–Crippen LogP) is 2.15. The fourth-order valence-electron chi connectivity index (χ4n) is 1.66. The van der Waals surface area contributed by atoms with Crippen LogP contribution in [0.5, 0.6) is 0 Å². The van der Waals surface area contributed by atoms with Crippen molar-refractivity contribution in [3.05, 3.63) is 58.1 Å². The summed E-state index contributed by atoms with van der Waals surface area (Å²) in [5.74, 6) is 0. The smallest absolute Gasteiger partial charge is 0.233 e. The topological polar surface area (TPSA) is 63.4 Å². The van der Waals surface area contributed by atoms with Gasteiger partial charge in [0, 0.05) is 4.92 Å². The summed E-state index contributed by atoms with van der Waals surface area (Å²) in [7, 11) is 0. The fraction of sp³-hybridized carbons (Fsp3) is 0.167. The highest BCUT2D eigenvalue weighted by molar-refractivity contribution is 5.83. The monoisotopic (exact) mass is 217 g/mol. The van der Waals surface area contributed by atoms with Crippen LogP contribution in [0.2, 0.25) is 0 Å². The number of fused-ring (bicyclic) bond motifs is 1. The van der Waals surface area contributed by atoms with Crippen molar-refractivity contribution in [1.82, 2.24) is 0 Å². The lowest BCUT2D eigenvalue weighted by Crippen LogP contribution is -2.11. The molecule has 0 bridgehead atoms. The summed E-state index contributed by atoms with van der Waals surface area (Å²) >= 11 is 0. The third kappa shape index (κ3) is 2.17. The van der Waals surface area contributed by atoms with Gasteiger partial charge >= 0.3 is 0 Å². The standard InChI is InChI=1S/C12H11NO3/c14-12(8-13(15)16)11-6-5-9-3-1-2-4-10(9)7-11/h1-7,12,14H,8H2/t12-/m1/s1. The zero-order chi connectivity index (χ0) is 11.5. The van der Waals surface area contributed by atoms with Gasteiger partial charge in [-0.15, -0.1) is 0 Å². The molecule has 1 atom stereocenters. The van der Waals surface area contributed by atoms with E-state index in [-0.39, 0.29) is 0 Å². The first kappa shape index (κ1) is 10.6.